The van der Waals surface area contributed by atoms with E-state index in [4.69, 9.17) is 0 Å². The van der Waals surface area contributed by atoms with Gasteiger partial charge in [0, 0.05) is 43.5 Å². The molecule has 1 aromatic carbocycles. The lowest BCUT2D eigenvalue weighted by Crippen LogP contribution is -2.46. The molecule has 0 bridgehead atoms. The first-order valence-corrected chi connectivity index (χ1v) is 9.91. The number of nitrogens with one attached hydrogen (secondary N) is 3. The van der Waals surface area contributed by atoms with Gasteiger partial charge in [0.1, 0.15) is 0 Å². The number of rotatable bonds is 6. The molecule has 2 aliphatic rings. The zero-order valence-electron chi connectivity index (χ0n) is 15.8. The van der Waals surface area contributed by atoms with Gasteiger partial charge in [0.2, 0.25) is 0 Å². The highest BCUT2D eigenvalue weighted by Crippen LogP contribution is 2.19. The minimum Gasteiger partial charge on any atom is -0.351 e. The fourth-order valence-corrected chi connectivity index (χ4v) is 3.73. The molecular weight excluding hydrogens is 364 g/mol. The molecule has 1 heterocycles. The molecule has 0 aromatic heterocycles. The summed E-state index contributed by atoms with van der Waals surface area (Å²) in [7, 11) is 0. The Kier molecular flexibility index (Phi) is 8.88. The summed E-state index contributed by atoms with van der Waals surface area (Å²) in [5.41, 5.74) is 1.36. The van der Waals surface area contributed by atoms with Crippen LogP contribution >= 0.6 is 12.4 Å². The van der Waals surface area contributed by atoms with Crippen LogP contribution in [0.5, 0.6) is 0 Å². The van der Waals surface area contributed by atoms with E-state index in [-0.39, 0.29) is 24.3 Å². The van der Waals surface area contributed by atoms with Crippen LogP contribution in [-0.4, -0.2) is 44.2 Å². The Morgan fingerprint density at radius 3 is 2.63 bits per heavy atom. The molecule has 150 valence electrons. The van der Waals surface area contributed by atoms with Crippen molar-refractivity contribution in [3.05, 3.63) is 29.8 Å². The first kappa shape index (κ1) is 21.5. The van der Waals surface area contributed by atoms with Gasteiger partial charge >= 0.3 is 6.03 Å². The number of amides is 3. The number of hydrogen-bond donors (Lipinski definition) is 3. The molecule has 1 aromatic rings. The van der Waals surface area contributed by atoms with E-state index in [2.05, 4.69) is 16.0 Å². The van der Waals surface area contributed by atoms with E-state index in [1.54, 1.807) is 17.0 Å². The van der Waals surface area contributed by atoms with E-state index < -0.39 is 0 Å². The van der Waals surface area contributed by atoms with Gasteiger partial charge in [-0.25, -0.2) is 4.79 Å². The number of anilines is 1. The quantitative estimate of drug-likeness (QED) is 0.512. The molecule has 0 unspecified atom stereocenters. The first-order valence-electron chi connectivity index (χ1n) is 9.91. The summed E-state index contributed by atoms with van der Waals surface area (Å²) in [6.45, 7) is 2.81. The number of nitrogens with zero attached hydrogens (tertiary/aromatic N) is 1. The average molecular weight is 395 g/mol. The number of carbonyl (C=O) groups is 2. The molecule has 0 spiro atoms. The standard InChI is InChI=1S/C20H30N4O2.ClH/c25-19(22-13-12-21-17-8-3-1-2-4-9-17)16-7-5-10-18(15-16)24-14-6-11-23-20(24)26;/h5,7,10,15,17,21H,1-4,6,8-9,11-14H2,(H,22,25)(H,23,26);1H. The largest absolute Gasteiger partial charge is 0.351 e. The molecule has 2 fully saturated rings. The van der Waals surface area contributed by atoms with Crippen molar-refractivity contribution in [1.82, 2.24) is 16.0 Å². The molecule has 3 N–H and O–H groups in total. The van der Waals surface area contributed by atoms with Crippen LogP contribution in [0.15, 0.2) is 24.3 Å². The van der Waals surface area contributed by atoms with Crippen molar-refractivity contribution in [3.8, 4) is 0 Å². The minimum atomic E-state index is -0.0959. The lowest BCUT2D eigenvalue weighted by molar-refractivity contribution is 0.0953. The summed E-state index contributed by atoms with van der Waals surface area (Å²) in [4.78, 5) is 26.1. The zero-order valence-corrected chi connectivity index (χ0v) is 16.7. The monoisotopic (exact) mass is 394 g/mol. The molecule has 7 heteroatoms. The van der Waals surface area contributed by atoms with E-state index in [1.807, 2.05) is 12.1 Å². The maximum absolute atomic E-state index is 12.4. The fraction of sp³-hybridized carbons (Fsp3) is 0.600. The Morgan fingerprint density at radius 1 is 1.11 bits per heavy atom. The van der Waals surface area contributed by atoms with Crippen molar-refractivity contribution < 1.29 is 9.59 Å². The molecule has 1 aliphatic heterocycles. The third kappa shape index (κ3) is 6.40. The van der Waals surface area contributed by atoms with Crippen molar-refractivity contribution in [3.63, 3.8) is 0 Å². The van der Waals surface area contributed by atoms with E-state index in [0.717, 1.165) is 18.7 Å². The molecule has 6 nitrogen and oxygen atoms in total. The SMILES string of the molecule is Cl.O=C(NCCNC1CCCCCC1)c1cccc(N2CCCNC2=O)c1. The van der Waals surface area contributed by atoms with Crippen LogP contribution < -0.4 is 20.9 Å². The van der Waals surface area contributed by atoms with E-state index >= 15 is 0 Å². The van der Waals surface area contributed by atoms with Crippen LogP contribution in [0.1, 0.15) is 55.3 Å². The van der Waals surface area contributed by atoms with Gasteiger partial charge < -0.3 is 16.0 Å². The molecule has 3 amide bonds. The summed E-state index contributed by atoms with van der Waals surface area (Å²) in [5, 5.41) is 9.37. The molecule has 1 saturated carbocycles. The molecular formula is C20H31ClN4O2. The topological polar surface area (TPSA) is 73.5 Å². The summed E-state index contributed by atoms with van der Waals surface area (Å²) < 4.78 is 0. The summed E-state index contributed by atoms with van der Waals surface area (Å²) in [5.74, 6) is -0.0908. The highest BCUT2D eigenvalue weighted by Gasteiger charge is 2.20. The Labute approximate surface area is 167 Å². The van der Waals surface area contributed by atoms with Crippen LogP contribution in [0.4, 0.5) is 10.5 Å². The van der Waals surface area contributed by atoms with Gasteiger partial charge in [0.05, 0.1) is 0 Å². The van der Waals surface area contributed by atoms with E-state index in [0.29, 0.717) is 31.2 Å². The number of urea groups is 1. The number of carbonyl (C=O) groups excluding carboxylic acids is 2. The van der Waals surface area contributed by atoms with Crippen LogP contribution in [0.2, 0.25) is 0 Å². The zero-order chi connectivity index (χ0) is 18.2. The van der Waals surface area contributed by atoms with Crippen molar-refractivity contribution in [1.29, 1.82) is 0 Å². The number of hydrogen-bond acceptors (Lipinski definition) is 3. The summed E-state index contributed by atoms with van der Waals surface area (Å²) in [6, 6.07) is 7.78. The summed E-state index contributed by atoms with van der Waals surface area (Å²) in [6.07, 6.45) is 8.71. The second-order valence-electron chi connectivity index (χ2n) is 7.19. The van der Waals surface area contributed by atoms with Gasteiger partial charge in [0.25, 0.3) is 5.91 Å². The number of halogens is 1. The predicted octanol–water partition coefficient (Wildman–Crippen LogP) is 3.07. The second kappa shape index (κ2) is 11.1. The maximum Gasteiger partial charge on any atom is 0.321 e. The molecule has 1 saturated heterocycles. The lowest BCUT2D eigenvalue weighted by Gasteiger charge is -2.27. The predicted molar refractivity (Wildman–Crippen MR) is 111 cm³/mol. The second-order valence-corrected chi connectivity index (χ2v) is 7.19. The maximum atomic E-state index is 12.4. The molecule has 1 aliphatic carbocycles. The third-order valence-electron chi connectivity index (χ3n) is 5.20. The highest BCUT2D eigenvalue weighted by molar-refractivity contribution is 5.97. The van der Waals surface area contributed by atoms with Gasteiger partial charge in [-0.1, -0.05) is 31.7 Å². The Bertz CT molecular complexity index is 618. The van der Waals surface area contributed by atoms with Gasteiger partial charge in [0.15, 0.2) is 0 Å². The normalized spacial score (nSPS) is 18.2. The smallest absolute Gasteiger partial charge is 0.321 e. The van der Waals surface area contributed by atoms with Crippen molar-refractivity contribution >= 4 is 30.0 Å². The lowest BCUT2D eigenvalue weighted by atomic mass is 10.1. The first-order chi connectivity index (χ1) is 12.7. The van der Waals surface area contributed by atoms with Gasteiger partial charge in [-0.15, -0.1) is 12.4 Å². The fourth-order valence-electron chi connectivity index (χ4n) is 3.73. The van der Waals surface area contributed by atoms with E-state index in [9.17, 15) is 9.59 Å². The van der Waals surface area contributed by atoms with Gasteiger partial charge in [-0.3, -0.25) is 9.69 Å². The van der Waals surface area contributed by atoms with Crippen LogP contribution in [-0.2, 0) is 0 Å². The Morgan fingerprint density at radius 2 is 1.89 bits per heavy atom. The number of benzene rings is 1. The van der Waals surface area contributed by atoms with E-state index in [1.165, 1.54) is 38.5 Å². The van der Waals surface area contributed by atoms with Crippen LogP contribution in [0, 0.1) is 0 Å². The molecule has 3 rings (SSSR count). The van der Waals surface area contributed by atoms with Gasteiger partial charge in [-0.2, -0.15) is 0 Å². The van der Waals surface area contributed by atoms with Crippen molar-refractivity contribution in [2.75, 3.05) is 31.1 Å². The average Bonchev–Trinajstić information content (AvgIpc) is 2.94. The minimum absolute atomic E-state index is 0. The van der Waals surface area contributed by atoms with Crippen molar-refractivity contribution in [2.45, 2.75) is 51.0 Å². The van der Waals surface area contributed by atoms with Crippen molar-refractivity contribution in [2.24, 2.45) is 0 Å². The highest BCUT2D eigenvalue weighted by atomic mass is 35.5. The Balaban J connectivity index is 0.00000261. The third-order valence-corrected chi connectivity index (χ3v) is 5.20. The molecule has 0 radical (unpaired) electrons. The van der Waals surface area contributed by atoms with Crippen LogP contribution in [0.3, 0.4) is 0 Å². The Hall–Kier alpha value is -1.79. The molecule has 27 heavy (non-hydrogen) atoms. The summed E-state index contributed by atoms with van der Waals surface area (Å²) >= 11 is 0. The van der Waals surface area contributed by atoms with Crippen LogP contribution in [0.25, 0.3) is 0 Å². The van der Waals surface area contributed by atoms with Gasteiger partial charge in [-0.05, 0) is 37.5 Å². The molecule has 0 atom stereocenters.